The zero-order valence-electron chi connectivity index (χ0n) is 13.0. The number of fused-ring (bicyclic) bond motifs is 3. The first-order valence-electron chi connectivity index (χ1n) is 8.55. The summed E-state index contributed by atoms with van der Waals surface area (Å²) < 4.78 is 0. The van der Waals surface area contributed by atoms with E-state index in [1.165, 1.54) is 77.8 Å². The fourth-order valence-corrected chi connectivity index (χ4v) is 3.59. The molecule has 2 atom stereocenters. The molecule has 0 amide bonds. The van der Waals surface area contributed by atoms with Gasteiger partial charge in [0.1, 0.15) is 0 Å². The maximum atomic E-state index is 3.83. The van der Waals surface area contributed by atoms with Crippen LogP contribution in [0.1, 0.15) is 52.4 Å². The highest BCUT2D eigenvalue weighted by Gasteiger charge is 2.36. The van der Waals surface area contributed by atoms with Gasteiger partial charge in [-0.05, 0) is 19.4 Å². The Labute approximate surface area is 119 Å². The lowest BCUT2D eigenvalue weighted by Gasteiger charge is -2.50. The monoisotopic (exact) mass is 267 g/mol. The number of hydrogen-bond acceptors (Lipinski definition) is 3. The number of hydrogen-bond donors (Lipinski definition) is 1. The molecular weight excluding hydrogens is 234 g/mol. The molecule has 2 unspecified atom stereocenters. The van der Waals surface area contributed by atoms with E-state index in [1.807, 2.05) is 0 Å². The van der Waals surface area contributed by atoms with Crippen LogP contribution in [0.15, 0.2) is 0 Å². The van der Waals surface area contributed by atoms with Gasteiger partial charge in [-0.25, -0.2) is 0 Å². The number of unbranched alkanes of at least 4 members (excludes halogenated alkanes) is 3. The maximum Gasteiger partial charge on any atom is 0.0377 e. The van der Waals surface area contributed by atoms with Crippen LogP contribution in [0.2, 0.25) is 0 Å². The van der Waals surface area contributed by atoms with Crippen LogP contribution in [-0.2, 0) is 0 Å². The minimum absolute atomic E-state index is 0.722. The van der Waals surface area contributed by atoms with E-state index >= 15 is 0 Å². The molecule has 3 heterocycles. The van der Waals surface area contributed by atoms with Crippen molar-refractivity contribution in [2.75, 3.05) is 39.3 Å². The molecule has 0 spiro atoms. The van der Waals surface area contributed by atoms with Crippen molar-refractivity contribution < 1.29 is 0 Å². The SMILES string of the molecule is CCCCCCC(NCCC)C1CN2CCN1CC2. The Morgan fingerprint density at radius 3 is 2.37 bits per heavy atom. The largest absolute Gasteiger partial charge is 0.312 e. The molecule has 3 fully saturated rings. The molecule has 3 nitrogen and oxygen atoms in total. The third-order valence-electron chi connectivity index (χ3n) is 4.81. The number of rotatable bonds is 9. The fourth-order valence-electron chi connectivity index (χ4n) is 3.59. The molecule has 0 radical (unpaired) electrons. The van der Waals surface area contributed by atoms with Crippen molar-refractivity contribution in [3.63, 3.8) is 0 Å². The average molecular weight is 267 g/mol. The minimum Gasteiger partial charge on any atom is -0.312 e. The molecule has 0 aromatic heterocycles. The molecule has 112 valence electrons. The summed E-state index contributed by atoms with van der Waals surface area (Å²) in [6.07, 6.45) is 8.19. The smallest absolute Gasteiger partial charge is 0.0377 e. The Kier molecular flexibility index (Phi) is 6.62. The second-order valence-corrected chi connectivity index (χ2v) is 6.31. The quantitative estimate of drug-likeness (QED) is 0.647. The summed E-state index contributed by atoms with van der Waals surface area (Å²) in [5.41, 5.74) is 0. The Hall–Kier alpha value is -0.120. The van der Waals surface area contributed by atoms with Gasteiger partial charge in [0, 0.05) is 44.8 Å². The molecule has 2 bridgehead atoms. The first kappa shape index (κ1) is 15.3. The van der Waals surface area contributed by atoms with Crippen molar-refractivity contribution in [2.45, 2.75) is 64.5 Å². The van der Waals surface area contributed by atoms with Crippen molar-refractivity contribution in [2.24, 2.45) is 0 Å². The highest BCUT2D eigenvalue weighted by Crippen LogP contribution is 2.21. The van der Waals surface area contributed by atoms with E-state index in [4.69, 9.17) is 0 Å². The van der Waals surface area contributed by atoms with Crippen LogP contribution in [0.25, 0.3) is 0 Å². The van der Waals surface area contributed by atoms with Crippen LogP contribution < -0.4 is 5.32 Å². The van der Waals surface area contributed by atoms with Crippen LogP contribution in [0.4, 0.5) is 0 Å². The van der Waals surface area contributed by atoms with Crippen LogP contribution in [0, 0.1) is 0 Å². The van der Waals surface area contributed by atoms with Crippen LogP contribution in [0.5, 0.6) is 0 Å². The van der Waals surface area contributed by atoms with Crippen LogP contribution in [0.3, 0.4) is 0 Å². The summed E-state index contributed by atoms with van der Waals surface area (Å²) in [6, 6.07) is 1.50. The zero-order chi connectivity index (χ0) is 13.5. The maximum absolute atomic E-state index is 3.83. The lowest BCUT2D eigenvalue weighted by molar-refractivity contribution is -0.00479. The molecule has 3 rings (SSSR count). The molecule has 3 heteroatoms. The molecular formula is C16H33N3. The van der Waals surface area contributed by atoms with E-state index in [9.17, 15) is 0 Å². The molecule has 1 N–H and O–H groups in total. The lowest BCUT2D eigenvalue weighted by Crippen LogP contribution is -2.66. The van der Waals surface area contributed by atoms with Crippen molar-refractivity contribution in [1.29, 1.82) is 0 Å². The minimum atomic E-state index is 0.722. The van der Waals surface area contributed by atoms with Crippen LogP contribution >= 0.6 is 0 Å². The van der Waals surface area contributed by atoms with Gasteiger partial charge in [-0.15, -0.1) is 0 Å². The fraction of sp³-hybridized carbons (Fsp3) is 1.00. The highest BCUT2D eigenvalue weighted by atomic mass is 15.4. The van der Waals surface area contributed by atoms with Gasteiger partial charge in [0.15, 0.2) is 0 Å². The number of nitrogens with zero attached hydrogens (tertiary/aromatic N) is 2. The number of nitrogens with one attached hydrogen (secondary N) is 1. The first-order valence-corrected chi connectivity index (χ1v) is 8.55. The summed E-state index contributed by atoms with van der Waals surface area (Å²) in [5.74, 6) is 0. The average Bonchev–Trinajstić information content (AvgIpc) is 2.48. The standard InChI is InChI=1S/C16H33N3/c1-3-5-6-7-8-15(17-9-4-2)16-14-18-10-12-19(16)13-11-18/h15-17H,3-14H2,1-2H3. The van der Waals surface area contributed by atoms with Crippen molar-refractivity contribution in [3.05, 3.63) is 0 Å². The second-order valence-electron chi connectivity index (χ2n) is 6.31. The first-order chi connectivity index (χ1) is 9.35. The topological polar surface area (TPSA) is 18.5 Å². The van der Waals surface area contributed by atoms with Crippen molar-refractivity contribution in [3.8, 4) is 0 Å². The molecule has 0 saturated carbocycles. The van der Waals surface area contributed by atoms with E-state index in [0.29, 0.717) is 0 Å². The molecule has 0 aliphatic carbocycles. The Morgan fingerprint density at radius 1 is 1.00 bits per heavy atom. The summed E-state index contributed by atoms with van der Waals surface area (Å²) >= 11 is 0. The van der Waals surface area contributed by atoms with Gasteiger partial charge in [0.2, 0.25) is 0 Å². The summed E-state index contributed by atoms with van der Waals surface area (Å²) in [6.45, 7) is 12.2. The van der Waals surface area contributed by atoms with E-state index in [-0.39, 0.29) is 0 Å². The lowest BCUT2D eigenvalue weighted by atomic mass is 9.95. The Balaban J connectivity index is 1.81. The van der Waals surface area contributed by atoms with Gasteiger partial charge in [-0.3, -0.25) is 9.80 Å². The molecule has 3 saturated heterocycles. The van der Waals surface area contributed by atoms with Gasteiger partial charge < -0.3 is 5.32 Å². The van der Waals surface area contributed by atoms with Gasteiger partial charge in [-0.1, -0.05) is 39.5 Å². The Morgan fingerprint density at radius 2 is 1.79 bits per heavy atom. The summed E-state index contributed by atoms with van der Waals surface area (Å²) in [7, 11) is 0. The van der Waals surface area contributed by atoms with E-state index in [0.717, 1.165) is 12.1 Å². The summed E-state index contributed by atoms with van der Waals surface area (Å²) in [4.78, 5) is 5.41. The predicted octanol–water partition coefficient (Wildman–Crippen LogP) is 2.32. The van der Waals surface area contributed by atoms with Gasteiger partial charge in [0.05, 0.1) is 0 Å². The molecule has 0 aromatic carbocycles. The third kappa shape index (κ3) is 4.44. The Bertz CT molecular complexity index is 236. The predicted molar refractivity (Wildman–Crippen MR) is 82.6 cm³/mol. The van der Waals surface area contributed by atoms with Crippen molar-refractivity contribution in [1.82, 2.24) is 15.1 Å². The second kappa shape index (κ2) is 8.23. The van der Waals surface area contributed by atoms with Crippen molar-refractivity contribution >= 4 is 0 Å². The zero-order valence-corrected chi connectivity index (χ0v) is 13.0. The van der Waals surface area contributed by atoms with Gasteiger partial charge in [-0.2, -0.15) is 0 Å². The number of piperazine rings is 3. The van der Waals surface area contributed by atoms with Gasteiger partial charge >= 0.3 is 0 Å². The molecule has 3 aliphatic rings. The summed E-state index contributed by atoms with van der Waals surface area (Å²) in [5, 5.41) is 3.83. The normalized spacial score (nSPS) is 31.6. The highest BCUT2D eigenvalue weighted by molar-refractivity contribution is 4.94. The molecule has 0 aromatic rings. The third-order valence-corrected chi connectivity index (χ3v) is 4.81. The van der Waals surface area contributed by atoms with E-state index in [1.54, 1.807) is 0 Å². The van der Waals surface area contributed by atoms with E-state index in [2.05, 4.69) is 29.0 Å². The molecule has 3 aliphatic heterocycles. The van der Waals surface area contributed by atoms with E-state index < -0.39 is 0 Å². The van der Waals surface area contributed by atoms with Crippen LogP contribution in [-0.4, -0.2) is 61.2 Å². The molecule has 19 heavy (non-hydrogen) atoms. The van der Waals surface area contributed by atoms with Gasteiger partial charge in [0.25, 0.3) is 0 Å².